The van der Waals surface area contributed by atoms with Crippen LogP contribution in [-0.4, -0.2) is 25.8 Å². The summed E-state index contributed by atoms with van der Waals surface area (Å²) in [5, 5.41) is 19.1. The van der Waals surface area contributed by atoms with Crippen molar-refractivity contribution < 1.29 is 9.90 Å². The zero-order chi connectivity index (χ0) is 17.8. The van der Waals surface area contributed by atoms with E-state index in [1.807, 2.05) is 41.8 Å². The van der Waals surface area contributed by atoms with Crippen LogP contribution in [0.15, 0.2) is 53.7 Å². The summed E-state index contributed by atoms with van der Waals surface area (Å²) in [4.78, 5) is 11.1. The molecule has 7 heteroatoms. The zero-order valence-corrected chi connectivity index (χ0v) is 15.1. The van der Waals surface area contributed by atoms with E-state index >= 15 is 0 Å². The van der Waals surface area contributed by atoms with Crippen molar-refractivity contribution in [2.24, 2.45) is 0 Å². The summed E-state index contributed by atoms with van der Waals surface area (Å²) >= 11 is 7.79. The number of aromatic carboxylic acids is 1. The Morgan fingerprint density at radius 2 is 2.00 bits per heavy atom. The Morgan fingerprint density at radius 3 is 2.72 bits per heavy atom. The largest absolute Gasteiger partial charge is 0.478 e. The van der Waals surface area contributed by atoms with E-state index in [4.69, 9.17) is 16.7 Å². The number of halogens is 1. The molecule has 3 aromatic rings. The number of carbonyl (C=O) groups is 1. The molecule has 3 rings (SSSR count). The summed E-state index contributed by atoms with van der Waals surface area (Å²) in [5.41, 5.74) is 2.06. The Hall–Kier alpha value is -2.31. The smallest absolute Gasteiger partial charge is 0.335 e. The fourth-order valence-electron chi connectivity index (χ4n) is 2.46. The predicted molar refractivity (Wildman–Crippen MR) is 99.1 cm³/mol. The molecule has 0 radical (unpaired) electrons. The molecule has 0 unspecified atom stereocenters. The van der Waals surface area contributed by atoms with Crippen molar-refractivity contribution in [3.8, 4) is 11.4 Å². The first-order valence-electron chi connectivity index (χ1n) is 7.73. The van der Waals surface area contributed by atoms with E-state index in [9.17, 15) is 4.79 Å². The monoisotopic (exact) mass is 373 g/mol. The van der Waals surface area contributed by atoms with Gasteiger partial charge >= 0.3 is 5.97 Å². The average molecular weight is 374 g/mol. The Morgan fingerprint density at radius 1 is 1.20 bits per heavy atom. The van der Waals surface area contributed by atoms with Crippen molar-refractivity contribution in [3.05, 3.63) is 64.7 Å². The molecule has 0 saturated heterocycles. The fourth-order valence-corrected chi connectivity index (χ4v) is 3.63. The molecule has 0 saturated carbocycles. The topological polar surface area (TPSA) is 68.0 Å². The molecular formula is C18H16ClN3O2S. The molecule has 1 heterocycles. The maximum absolute atomic E-state index is 11.1. The van der Waals surface area contributed by atoms with Crippen molar-refractivity contribution in [2.45, 2.75) is 24.4 Å². The summed E-state index contributed by atoms with van der Waals surface area (Å²) in [6, 6.07) is 14.5. The van der Waals surface area contributed by atoms with Gasteiger partial charge in [0.05, 0.1) is 10.6 Å². The van der Waals surface area contributed by atoms with E-state index in [-0.39, 0.29) is 5.56 Å². The van der Waals surface area contributed by atoms with Crippen LogP contribution < -0.4 is 0 Å². The van der Waals surface area contributed by atoms with E-state index in [1.165, 1.54) is 11.8 Å². The first kappa shape index (κ1) is 17.5. The highest BCUT2D eigenvalue weighted by Gasteiger charge is 2.15. The van der Waals surface area contributed by atoms with Crippen LogP contribution >= 0.6 is 23.4 Å². The number of thioether (sulfide) groups is 1. The highest BCUT2D eigenvalue weighted by molar-refractivity contribution is 7.98. The Kier molecular flexibility index (Phi) is 5.40. The second-order valence-corrected chi connectivity index (χ2v) is 6.67. The van der Waals surface area contributed by atoms with Gasteiger partial charge in [0, 0.05) is 17.9 Å². The maximum Gasteiger partial charge on any atom is 0.335 e. The van der Waals surface area contributed by atoms with Crippen molar-refractivity contribution in [3.63, 3.8) is 0 Å². The van der Waals surface area contributed by atoms with Crippen LogP contribution in [-0.2, 0) is 12.3 Å². The minimum absolute atomic E-state index is 0.284. The minimum Gasteiger partial charge on any atom is -0.478 e. The molecule has 5 nitrogen and oxygen atoms in total. The van der Waals surface area contributed by atoms with Gasteiger partial charge in [0.2, 0.25) is 0 Å². The molecule has 0 amide bonds. The molecule has 0 fully saturated rings. The first-order valence-corrected chi connectivity index (χ1v) is 9.09. The molecule has 1 N–H and O–H groups in total. The van der Waals surface area contributed by atoms with Crippen LogP contribution in [0.25, 0.3) is 11.4 Å². The molecule has 128 valence electrons. The number of carboxylic acid groups (broad SMARTS) is 1. The molecular weight excluding hydrogens is 358 g/mol. The Balaban J connectivity index is 1.83. The van der Waals surface area contributed by atoms with Gasteiger partial charge in [0.15, 0.2) is 11.0 Å². The van der Waals surface area contributed by atoms with E-state index < -0.39 is 5.97 Å². The molecule has 0 atom stereocenters. The summed E-state index contributed by atoms with van der Waals surface area (Å²) in [5.74, 6) is 0.418. The number of aromatic nitrogens is 3. The predicted octanol–water partition coefficient (Wildman–Crippen LogP) is 4.61. The zero-order valence-electron chi connectivity index (χ0n) is 13.5. The van der Waals surface area contributed by atoms with Gasteiger partial charge in [-0.3, -0.25) is 0 Å². The van der Waals surface area contributed by atoms with Gasteiger partial charge < -0.3 is 9.67 Å². The van der Waals surface area contributed by atoms with Crippen LogP contribution in [0.1, 0.15) is 22.8 Å². The van der Waals surface area contributed by atoms with Gasteiger partial charge in [-0.1, -0.05) is 47.6 Å². The molecule has 25 heavy (non-hydrogen) atoms. The van der Waals surface area contributed by atoms with Crippen LogP contribution in [0.2, 0.25) is 5.02 Å². The van der Waals surface area contributed by atoms with E-state index in [0.29, 0.717) is 17.3 Å². The Bertz CT molecular complexity index is 911. The van der Waals surface area contributed by atoms with E-state index in [1.54, 1.807) is 18.2 Å². The third-order valence-electron chi connectivity index (χ3n) is 3.69. The molecule has 2 aromatic carbocycles. The number of carboxylic acids is 1. The van der Waals surface area contributed by atoms with Gasteiger partial charge in [-0.05, 0) is 36.8 Å². The SMILES string of the molecule is CCn1c(SCc2cccc(C(=O)O)c2)nnc1-c1ccccc1Cl. The van der Waals surface area contributed by atoms with E-state index in [0.717, 1.165) is 22.1 Å². The summed E-state index contributed by atoms with van der Waals surface area (Å²) in [7, 11) is 0. The molecule has 0 aliphatic carbocycles. The lowest BCUT2D eigenvalue weighted by Crippen LogP contribution is -2.00. The lowest BCUT2D eigenvalue weighted by atomic mass is 10.1. The molecule has 0 spiro atoms. The standard InChI is InChI=1S/C18H16ClN3O2S/c1-2-22-16(14-8-3-4-9-15(14)19)20-21-18(22)25-11-12-6-5-7-13(10-12)17(23)24/h3-10H,2,11H2,1H3,(H,23,24). The molecule has 0 aliphatic heterocycles. The quantitative estimate of drug-likeness (QED) is 0.639. The third-order valence-corrected chi connectivity index (χ3v) is 5.06. The second-order valence-electron chi connectivity index (χ2n) is 5.32. The van der Waals surface area contributed by atoms with Crippen molar-refractivity contribution in [1.82, 2.24) is 14.8 Å². The molecule has 1 aromatic heterocycles. The highest BCUT2D eigenvalue weighted by atomic mass is 35.5. The fraction of sp³-hybridized carbons (Fsp3) is 0.167. The van der Waals surface area contributed by atoms with E-state index in [2.05, 4.69) is 10.2 Å². The van der Waals surface area contributed by atoms with Crippen molar-refractivity contribution in [2.75, 3.05) is 0 Å². The van der Waals surface area contributed by atoms with Gasteiger partial charge in [0.1, 0.15) is 0 Å². The highest BCUT2D eigenvalue weighted by Crippen LogP contribution is 2.30. The van der Waals surface area contributed by atoms with Crippen molar-refractivity contribution in [1.29, 1.82) is 0 Å². The van der Waals surface area contributed by atoms with Crippen LogP contribution in [0.5, 0.6) is 0 Å². The van der Waals surface area contributed by atoms with Gasteiger partial charge in [-0.25, -0.2) is 4.79 Å². The van der Waals surface area contributed by atoms with Crippen molar-refractivity contribution >= 4 is 29.3 Å². The third kappa shape index (κ3) is 3.86. The van der Waals surface area contributed by atoms with Gasteiger partial charge in [-0.15, -0.1) is 10.2 Å². The van der Waals surface area contributed by atoms with Crippen LogP contribution in [0.4, 0.5) is 0 Å². The summed E-state index contributed by atoms with van der Waals surface area (Å²) in [6.07, 6.45) is 0. The van der Waals surface area contributed by atoms with Crippen LogP contribution in [0, 0.1) is 0 Å². The van der Waals surface area contributed by atoms with Gasteiger partial charge in [0.25, 0.3) is 0 Å². The number of rotatable bonds is 6. The van der Waals surface area contributed by atoms with Gasteiger partial charge in [-0.2, -0.15) is 0 Å². The number of hydrogen-bond donors (Lipinski definition) is 1. The molecule has 0 aliphatic rings. The number of benzene rings is 2. The lowest BCUT2D eigenvalue weighted by molar-refractivity contribution is 0.0697. The normalized spacial score (nSPS) is 10.8. The minimum atomic E-state index is -0.926. The average Bonchev–Trinajstić information content (AvgIpc) is 3.03. The number of hydrogen-bond acceptors (Lipinski definition) is 4. The second kappa shape index (κ2) is 7.72. The molecule has 0 bridgehead atoms. The lowest BCUT2D eigenvalue weighted by Gasteiger charge is -2.08. The Labute approximate surface area is 154 Å². The van der Waals surface area contributed by atoms with Crippen LogP contribution in [0.3, 0.4) is 0 Å². The number of nitrogens with zero attached hydrogens (tertiary/aromatic N) is 3. The maximum atomic E-state index is 11.1. The first-order chi connectivity index (χ1) is 12.1. The summed E-state index contributed by atoms with van der Waals surface area (Å²) < 4.78 is 2.01. The summed E-state index contributed by atoms with van der Waals surface area (Å²) in [6.45, 7) is 2.74.